The average molecular weight is 359 g/mol. The van der Waals surface area contributed by atoms with Gasteiger partial charge in [0.15, 0.2) is 0 Å². The zero-order valence-corrected chi connectivity index (χ0v) is 14.5. The van der Waals surface area contributed by atoms with Gasteiger partial charge in [0, 0.05) is 18.9 Å². The van der Waals surface area contributed by atoms with Crippen LogP contribution in [0, 0.1) is 0 Å². The topological polar surface area (TPSA) is 99.1 Å². The number of amides is 2. The van der Waals surface area contributed by atoms with Crippen LogP contribution in [0.3, 0.4) is 0 Å². The van der Waals surface area contributed by atoms with Crippen molar-refractivity contribution < 1.29 is 19.0 Å². The molecule has 1 unspecified atom stereocenters. The van der Waals surface area contributed by atoms with Crippen LogP contribution in [0.15, 0.2) is 58.5 Å². The van der Waals surface area contributed by atoms with Crippen LogP contribution in [0.1, 0.15) is 26.3 Å². The lowest BCUT2D eigenvalue weighted by Gasteiger charge is -2.13. The first-order valence-electron chi connectivity index (χ1n) is 7.23. The van der Waals surface area contributed by atoms with Gasteiger partial charge in [0.2, 0.25) is 0 Å². The van der Waals surface area contributed by atoms with Gasteiger partial charge in [-0.3, -0.25) is 19.0 Å². The molecule has 0 aromatic heterocycles. The second-order valence-corrected chi connectivity index (χ2v) is 6.43. The van der Waals surface area contributed by atoms with E-state index in [-0.39, 0.29) is 5.91 Å². The summed E-state index contributed by atoms with van der Waals surface area (Å²) in [7, 11) is 0.218. The molecule has 25 heavy (non-hydrogen) atoms. The van der Waals surface area contributed by atoms with Gasteiger partial charge in [-0.2, -0.15) is 5.10 Å². The van der Waals surface area contributed by atoms with E-state index in [9.17, 15) is 13.8 Å². The molecule has 2 N–H and O–H groups in total. The molecule has 0 saturated heterocycles. The number of hydroxylamine groups is 1. The van der Waals surface area contributed by atoms with Crippen molar-refractivity contribution in [3.05, 3.63) is 65.2 Å². The van der Waals surface area contributed by atoms with Crippen LogP contribution < -0.4 is 5.48 Å². The van der Waals surface area contributed by atoms with Crippen LogP contribution in [0.25, 0.3) is 0 Å². The minimum absolute atomic E-state index is 0.295. The molecule has 0 fully saturated rings. The number of carbonyl (C=O) groups excluding carboxylic acids is 2. The number of hydrogen-bond donors (Lipinski definition) is 2. The molecule has 7 nitrogen and oxygen atoms in total. The van der Waals surface area contributed by atoms with Crippen LogP contribution >= 0.6 is 0 Å². The largest absolute Gasteiger partial charge is 0.288 e. The highest BCUT2D eigenvalue weighted by Crippen LogP contribution is 2.14. The number of nitrogens with zero attached hydrogens (tertiary/aromatic N) is 2. The van der Waals surface area contributed by atoms with Crippen molar-refractivity contribution in [1.29, 1.82) is 0 Å². The van der Waals surface area contributed by atoms with Gasteiger partial charge < -0.3 is 0 Å². The molecule has 1 atom stereocenters. The molecule has 0 spiro atoms. The molecular formula is C17H17N3O4S. The van der Waals surface area contributed by atoms with Crippen molar-refractivity contribution in [3.63, 3.8) is 0 Å². The number of hydrazone groups is 1. The Bertz CT molecular complexity index is 834. The van der Waals surface area contributed by atoms with Gasteiger partial charge in [-0.15, -0.1) is 0 Å². The van der Waals surface area contributed by atoms with Gasteiger partial charge in [-0.1, -0.05) is 24.3 Å². The fourth-order valence-corrected chi connectivity index (χ4v) is 2.79. The molecule has 2 amide bonds. The number of carbonyl (C=O) groups is 2. The second kappa shape index (κ2) is 8.32. The predicted molar refractivity (Wildman–Crippen MR) is 94.2 cm³/mol. The fourth-order valence-electron chi connectivity index (χ4n) is 2.06. The van der Waals surface area contributed by atoms with E-state index in [1.165, 1.54) is 31.7 Å². The number of benzene rings is 2. The fraction of sp³-hybridized carbons (Fsp3) is 0.118. The van der Waals surface area contributed by atoms with E-state index in [1.54, 1.807) is 41.9 Å². The summed E-state index contributed by atoms with van der Waals surface area (Å²) in [5, 5.41) is 13.8. The lowest BCUT2D eigenvalue weighted by molar-refractivity contribution is 0.0706. The molecule has 130 valence electrons. The highest BCUT2D eigenvalue weighted by atomic mass is 32.2. The van der Waals surface area contributed by atoms with Gasteiger partial charge >= 0.3 is 0 Å². The molecule has 0 radical (unpaired) electrons. The zero-order chi connectivity index (χ0) is 18.4. The monoisotopic (exact) mass is 359 g/mol. The molecule has 0 aliphatic rings. The molecular weight excluding hydrogens is 342 g/mol. The lowest BCUT2D eigenvalue weighted by Crippen LogP contribution is -2.22. The van der Waals surface area contributed by atoms with E-state index >= 15 is 0 Å². The minimum Gasteiger partial charge on any atom is -0.288 e. The third-order valence-corrected chi connectivity index (χ3v) is 4.35. The van der Waals surface area contributed by atoms with Crippen LogP contribution in [0.4, 0.5) is 0 Å². The number of hydrogen-bond acceptors (Lipinski definition) is 5. The summed E-state index contributed by atoms with van der Waals surface area (Å²) in [5.74, 6) is -0.988. The smallest absolute Gasteiger partial charge is 0.274 e. The van der Waals surface area contributed by atoms with E-state index in [2.05, 4.69) is 5.10 Å². The molecule has 2 aromatic carbocycles. The maximum Gasteiger partial charge on any atom is 0.274 e. The molecule has 0 bridgehead atoms. The summed E-state index contributed by atoms with van der Waals surface area (Å²) in [5.41, 5.74) is 2.84. The van der Waals surface area contributed by atoms with Gasteiger partial charge in [0.05, 0.1) is 27.5 Å². The first-order valence-corrected chi connectivity index (χ1v) is 8.79. The summed E-state index contributed by atoms with van der Waals surface area (Å²) in [6.45, 7) is 0. The van der Waals surface area contributed by atoms with E-state index in [0.29, 0.717) is 21.6 Å². The Kier molecular flexibility index (Phi) is 6.15. The third kappa shape index (κ3) is 4.59. The summed E-state index contributed by atoms with van der Waals surface area (Å²) in [6, 6.07) is 13.0. The van der Waals surface area contributed by atoms with Crippen LogP contribution in [0.5, 0.6) is 0 Å². The van der Waals surface area contributed by atoms with Crippen LogP contribution in [-0.2, 0) is 10.8 Å². The highest BCUT2D eigenvalue weighted by molar-refractivity contribution is 7.84. The molecule has 0 saturated carbocycles. The van der Waals surface area contributed by atoms with Crippen LogP contribution in [0.2, 0.25) is 0 Å². The Balaban J connectivity index is 2.15. The van der Waals surface area contributed by atoms with Crippen molar-refractivity contribution in [2.45, 2.75) is 4.90 Å². The first kappa shape index (κ1) is 18.5. The molecule has 8 heteroatoms. The van der Waals surface area contributed by atoms with E-state index in [4.69, 9.17) is 5.21 Å². The summed E-state index contributed by atoms with van der Waals surface area (Å²) in [4.78, 5) is 24.2. The van der Waals surface area contributed by atoms with Crippen LogP contribution in [-0.4, -0.2) is 45.8 Å². The highest BCUT2D eigenvalue weighted by Gasteiger charge is 2.16. The Morgan fingerprint density at radius 2 is 1.80 bits per heavy atom. The SMILES string of the molecule is CN(N=Cc1ccc(C(=O)NO)cc1)C(=O)c1ccccc1S(C)=O. The minimum atomic E-state index is -1.28. The Morgan fingerprint density at radius 1 is 1.16 bits per heavy atom. The van der Waals surface area contributed by atoms with Crippen molar-refractivity contribution in [2.75, 3.05) is 13.3 Å². The van der Waals surface area contributed by atoms with E-state index in [0.717, 1.165) is 5.01 Å². The summed E-state index contributed by atoms with van der Waals surface area (Å²) >= 11 is 0. The van der Waals surface area contributed by atoms with Crippen molar-refractivity contribution in [3.8, 4) is 0 Å². The summed E-state index contributed by atoms with van der Waals surface area (Å²) in [6.07, 6.45) is 2.98. The maximum atomic E-state index is 12.5. The van der Waals surface area contributed by atoms with Gasteiger partial charge in [0.25, 0.3) is 11.8 Å². The average Bonchev–Trinajstić information content (AvgIpc) is 2.65. The summed E-state index contributed by atoms with van der Waals surface area (Å²) < 4.78 is 11.7. The lowest BCUT2D eigenvalue weighted by atomic mass is 10.1. The second-order valence-electron chi connectivity index (χ2n) is 5.09. The zero-order valence-electron chi connectivity index (χ0n) is 13.7. The molecule has 2 aromatic rings. The first-order chi connectivity index (χ1) is 11.9. The van der Waals surface area contributed by atoms with E-state index < -0.39 is 16.7 Å². The van der Waals surface area contributed by atoms with E-state index in [1.807, 2.05) is 0 Å². The molecule has 2 rings (SSSR count). The third-order valence-electron chi connectivity index (χ3n) is 3.38. The van der Waals surface area contributed by atoms with Gasteiger partial charge in [-0.05, 0) is 29.8 Å². The Labute approximate surface area is 147 Å². The quantitative estimate of drug-likeness (QED) is 0.482. The molecule has 0 aliphatic heterocycles. The Hall–Kier alpha value is -2.84. The molecule has 0 heterocycles. The van der Waals surface area contributed by atoms with Crippen molar-refractivity contribution in [2.24, 2.45) is 5.10 Å². The van der Waals surface area contributed by atoms with Crippen molar-refractivity contribution >= 4 is 28.8 Å². The number of rotatable bonds is 5. The van der Waals surface area contributed by atoms with Gasteiger partial charge in [-0.25, -0.2) is 10.5 Å². The van der Waals surface area contributed by atoms with Gasteiger partial charge in [0.1, 0.15) is 0 Å². The standard InChI is InChI=1S/C17H17N3O4S/c1-20(17(22)14-5-3-4-6-15(14)25(2)24)18-11-12-7-9-13(10-8-12)16(21)19-23/h3-11,23H,1-2H3,(H,19,21). The normalized spacial score (nSPS) is 12.0. The maximum absolute atomic E-state index is 12.5. The molecule has 0 aliphatic carbocycles. The predicted octanol–water partition coefficient (Wildman–Crippen LogP) is 1.65. The Morgan fingerprint density at radius 3 is 2.40 bits per heavy atom. The van der Waals surface area contributed by atoms with Crippen molar-refractivity contribution in [1.82, 2.24) is 10.5 Å². The number of nitrogens with one attached hydrogen (secondary N) is 1.